The van der Waals surface area contributed by atoms with Gasteiger partial charge in [-0.25, -0.2) is 0 Å². The molecule has 102 valence electrons. The Morgan fingerprint density at radius 1 is 1.28 bits per heavy atom. The Morgan fingerprint density at radius 2 is 1.94 bits per heavy atom. The minimum absolute atomic E-state index is 0.180. The first-order valence-corrected chi connectivity index (χ1v) is 6.43. The van der Waals surface area contributed by atoms with Crippen LogP contribution in [0.4, 0.5) is 5.82 Å². The standard InChI is InChI=1S/C13H24N4O/c1-9(2)17(6-5-7-18)13-12(8-14)10(3)11(4)15-16-13/h9,18H,5-8,14H2,1-4H3. The molecule has 1 aromatic heterocycles. The van der Waals surface area contributed by atoms with Crippen LogP contribution >= 0.6 is 0 Å². The van der Waals surface area contributed by atoms with Crippen LogP contribution in [0.1, 0.15) is 37.1 Å². The third-order valence-electron chi connectivity index (χ3n) is 3.22. The van der Waals surface area contributed by atoms with Gasteiger partial charge in [0.1, 0.15) is 0 Å². The SMILES string of the molecule is Cc1nnc(N(CCCO)C(C)C)c(CN)c1C. The zero-order chi connectivity index (χ0) is 13.7. The number of aryl methyl sites for hydroxylation is 1. The van der Waals surface area contributed by atoms with Crippen molar-refractivity contribution in [3.05, 3.63) is 16.8 Å². The Kier molecular flexibility index (Phi) is 5.50. The molecule has 0 saturated heterocycles. The van der Waals surface area contributed by atoms with Crippen LogP contribution in [0.25, 0.3) is 0 Å². The van der Waals surface area contributed by atoms with E-state index in [2.05, 4.69) is 28.9 Å². The van der Waals surface area contributed by atoms with Gasteiger partial charge in [-0.05, 0) is 39.7 Å². The Balaban J connectivity index is 3.15. The third-order valence-corrected chi connectivity index (χ3v) is 3.22. The molecule has 1 aromatic rings. The van der Waals surface area contributed by atoms with Gasteiger partial charge in [0.2, 0.25) is 0 Å². The van der Waals surface area contributed by atoms with E-state index >= 15 is 0 Å². The van der Waals surface area contributed by atoms with E-state index in [4.69, 9.17) is 10.8 Å². The highest BCUT2D eigenvalue weighted by Crippen LogP contribution is 2.23. The van der Waals surface area contributed by atoms with Crippen molar-refractivity contribution in [1.82, 2.24) is 10.2 Å². The molecule has 0 atom stereocenters. The summed E-state index contributed by atoms with van der Waals surface area (Å²) in [5.74, 6) is 0.851. The van der Waals surface area contributed by atoms with Gasteiger partial charge < -0.3 is 15.7 Å². The van der Waals surface area contributed by atoms with E-state index in [9.17, 15) is 0 Å². The molecule has 0 amide bonds. The van der Waals surface area contributed by atoms with Crippen molar-refractivity contribution >= 4 is 5.82 Å². The number of nitrogens with zero attached hydrogens (tertiary/aromatic N) is 3. The monoisotopic (exact) mass is 252 g/mol. The van der Waals surface area contributed by atoms with Gasteiger partial charge in [0.25, 0.3) is 0 Å². The first-order valence-electron chi connectivity index (χ1n) is 6.43. The number of anilines is 1. The average molecular weight is 252 g/mol. The molecular formula is C13H24N4O. The lowest BCUT2D eigenvalue weighted by Crippen LogP contribution is -2.34. The summed E-state index contributed by atoms with van der Waals surface area (Å²) in [6, 6.07) is 0.304. The van der Waals surface area contributed by atoms with Crippen LogP contribution in [0.5, 0.6) is 0 Å². The van der Waals surface area contributed by atoms with Crippen molar-refractivity contribution in [2.24, 2.45) is 5.73 Å². The Morgan fingerprint density at radius 3 is 2.44 bits per heavy atom. The molecule has 0 aliphatic heterocycles. The molecule has 0 aliphatic rings. The fourth-order valence-corrected chi connectivity index (χ4v) is 1.97. The molecule has 0 radical (unpaired) electrons. The molecule has 0 fully saturated rings. The molecule has 0 bridgehead atoms. The lowest BCUT2D eigenvalue weighted by atomic mass is 10.1. The van der Waals surface area contributed by atoms with Crippen LogP contribution in [0, 0.1) is 13.8 Å². The van der Waals surface area contributed by atoms with E-state index in [0.29, 0.717) is 12.6 Å². The highest BCUT2D eigenvalue weighted by Gasteiger charge is 2.18. The van der Waals surface area contributed by atoms with E-state index in [0.717, 1.165) is 35.6 Å². The first-order chi connectivity index (χ1) is 8.52. The molecular weight excluding hydrogens is 228 g/mol. The summed E-state index contributed by atoms with van der Waals surface area (Å²) >= 11 is 0. The maximum atomic E-state index is 8.98. The smallest absolute Gasteiger partial charge is 0.156 e. The van der Waals surface area contributed by atoms with Crippen molar-refractivity contribution in [2.45, 2.75) is 46.7 Å². The van der Waals surface area contributed by atoms with Crippen molar-refractivity contribution in [3.8, 4) is 0 Å². The Labute approximate surface area is 109 Å². The number of hydrogen-bond donors (Lipinski definition) is 2. The van der Waals surface area contributed by atoms with Crippen LogP contribution in [0.3, 0.4) is 0 Å². The molecule has 18 heavy (non-hydrogen) atoms. The molecule has 1 heterocycles. The molecule has 0 saturated carbocycles. The van der Waals surface area contributed by atoms with Gasteiger partial charge in [-0.3, -0.25) is 0 Å². The highest BCUT2D eigenvalue weighted by molar-refractivity contribution is 5.51. The summed E-state index contributed by atoms with van der Waals surface area (Å²) < 4.78 is 0. The molecule has 5 nitrogen and oxygen atoms in total. The van der Waals surface area contributed by atoms with E-state index < -0.39 is 0 Å². The van der Waals surface area contributed by atoms with Gasteiger partial charge in [0.05, 0.1) is 5.69 Å². The van der Waals surface area contributed by atoms with Crippen LogP contribution < -0.4 is 10.6 Å². The molecule has 5 heteroatoms. The fourth-order valence-electron chi connectivity index (χ4n) is 1.97. The Hall–Kier alpha value is -1.20. The van der Waals surface area contributed by atoms with Gasteiger partial charge in [-0.15, -0.1) is 5.10 Å². The van der Waals surface area contributed by atoms with Crippen LogP contribution in [0.15, 0.2) is 0 Å². The topological polar surface area (TPSA) is 75.3 Å². The number of rotatable bonds is 6. The van der Waals surface area contributed by atoms with E-state index in [-0.39, 0.29) is 6.61 Å². The molecule has 1 rings (SSSR count). The largest absolute Gasteiger partial charge is 0.396 e. The summed E-state index contributed by atoms with van der Waals surface area (Å²) in [6.45, 7) is 9.58. The molecule has 0 unspecified atom stereocenters. The van der Waals surface area contributed by atoms with E-state index in [1.807, 2.05) is 13.8 Å². The van der Waals surface area contributed by atoms with Gasteiger partial charge in [0.15, 0.2) is 5.82 Å². The lowest BCUT2D eigenvalue weighted by molar-refractivity contribution is 0.288. The quantitative estimate of drug-likeness (QED) is 0.794. The first kappa shape index (κ1) is 14.9. The zero-order valence-corrected chi connectivity index (χ0v) is 11.8. The minimum Gasteiger partial charge on any atom is -0.396 e. The summed E-state index contributed by atoms with van der Waals surface area (Å²) in [6.07, 6.45) is 0.719. The summed E-state index contributed by atoms with van der Waals surface area (Å²) in [7, 11) is 0. The fraction of sp³-hybridized carbons (Fsp3) is 0.692. The molecule has 3 N–H and O–H groups in total. The number of aromatic nitrogens is 2. The minimum atomic E-state index is 0.180. The second-order valence-corrected chi connectivity index (χ2v) is 4.78. The third kappa shape index (κ3) is 3.17. The molecule has 0 aromatic carbocycles. The molecule has 0 aliphatic carbocycles. The number of aliphatic hydroxyl groups is 1. The van der Waals surface area contributed by atoms with Crippen molar-refractivity contribution in [2.75, 3.05) is 18.1 Å². The second kappa shape index (κ2) is 6.66. The average Bonchev–Trinajstić information content (AvgIpc) is 2.33. The van der Waals surface area contributed by atoms with Gasteiger partial charge in [0, 0.05) is 31.3 Å². The maximum Gasteiger partial charge on any atom is 0.156 e. The van der Waals surface area contributed by atoms with Gasteiger partial charge in [-0.1, -0.05) is 0 Å². The number of hydrogen-bond acceptors (Lipinski definition) is 5. The zero-order valence-electron chi connectivity index (χ0n) is 11.8. The van der Waals surface area contributed by atoms with Gasteiger partial charge in [-0.2, -0.15) is 5.10 Å². The van der Waals surface area contributed by atoms with E-state index in [1.165, 1.54) is 0 Å². The lowest BCUT2D eigenvalue weighted by Gasteiger charge is -2.29. The normalized spacial score (nSPS) is 11.1. The second-order valence-electron chi connectivity index (χ2n) is 4.78. The summed E-state index contributed by atoms with van der Waals surface area (Å²) in [5, 5.41) is 17.5. The van der Waals surface area contributed by atoms with Crippen molar-refractivity contribution in [3.63, 3.8) is 0 Å². The van der Waals surface area contributed by atoms with Gasteiger partial charge >= 0.3 is 0 Å². The predicted molar refractivity (Wildman–Crippen MR) is 73.6 cm³/mol. The van der Waals surface area contributed by atoms with E-state index in [1.54, 1.807) is 0 Å². The number of aliphatic hydroxyl groups excluding tert-OH is 1. The van der Waals surface area contributed by atoms with Crippen molar-refractivity contribution in [1.29, 1.82) is 0 Å². The maximum absolute atomic E-state index is 8.98. The Bertz CT molecular complexity index is 393. The number of nitrogens with two attached hydrogens (primary N) is 1. The summed E-state index contributed by atoms with van der Waals surface area (Å²) in [5.41, 5.74) is 8.92. The summed E-state index contributed by atoms with van der Waals surface area (Å²) in [4.78, 5) is 2.15. The van der Waals surface area contributed by atoms with Crippen LogP contribution in [0.2, 0.25) is 0 Å². The highest BCUT2D eigenvalue weighted by atomic mass is 16.3. The van der Waals surface area contributed by atoms with Crippen molar-refractivity contribution < 1.29 is 5.11 Å². The van der Waals surface area contributed by atoms with Crippen LogP contribution in [-0.4, -0.2) is 34.5 Å². The molecule has 0 spiro atoms. The predicted octanol–water partition coefficient (Wildman–Crippen LogP) is 1.15. The van der Waals surface area contributed by atoms with Crippen LogP contribution in [-0.2, 0) is 6.54 Å².